The molecule has 0 aliphatic carbocycles. The molecule has 1 atom stereocenters. The summed E-state index contributed by atoms with van der Waals surface area (Å²) >= 11 is 0. The molecule has 0 saturated carbocycles. The first-order valence-electron chi connectivity index (χ1n) is 9.81. The summed E-state index contributed by atoms with van der Waals surface area (Å²) in [5.41, 5.74) is 2.06. The molecule has 3 heterocycles. The van der Waals surface area contributed by atoms with Crippen molar-refractivity contribution in [3.05, 3.63) is 60.4 Å². The fourth-order valence-electron chi connectivity index (χ4n) is 4.18. The van der Waals surface area contributed by atoms with Gasteiger partial charge in [0.15, 0.2) is 0 Å². The highest BCUT2D eigenvalue weighted by molar-refractivity contribution is 5.97. The monoisotopic (exact) mass is 401 g/mol. The summed E-state index contributed by atoms with van der Waals surface area (Å²) in [6, 6.07) is 14.4. The minimum absolute atomic E-state index is 0. The number of carbonyl (C=O) groups is 1. The molecule has 1 spiro atoms. The largest absolute Gasteiger partial charge is 0.360 e. The highest BCUT2D eigenvalue weighted by Gasteiger charge is 2.45. The quantitative estimate of drug-likeness (QED) is 0.788. The van der Waals surface area contributed by atoms with E-state index < -0.39 is 6.10 Å². The summed E-state index contributed by atoms with van der Waals surface area (Å²) in [6.07, 6.45) is 6.07. The number of benzene rings is 1. The van der Waals surface area contributed by atoms with Crippen LogP contribution < -0.4 is 4.90 Å². The molecule has 5 nitrogen and oxygen atoms in total. The van der Waals surface area contributed by atoms with Gasteiger partial charge in [-0.1, -0.05) is 30.3 Å². The first-order valence-corrected chi connectivity index (χ1v) is 9.81. The molecule has 150 valence electrons. The van der Waals surface area contributed by atoms with Gasteiger partial charge in [-0.3, -0.25) is 9.78 Å². The highest BCUT2D eigenvalue weighted by Crippen LogP contribution is 2.34. The summed E-state index contributed by atoms with van der Waals surface area (Å²) < 4.78 is 6.26. The maximum absolute atomic E-state index is 12.6. The van der Waals surface area contributed by atoms with Crippen LogP contribution in [-0.4, -0.2) is 53.7 Å². The van der Waals surface area contributed by atoms with Crippen molar-refractivity contribution >= 4 is 24.0 Å². The van der Waals surface area contributed by atoms with E-state index in [1.807, 2.05) is 24.0 Å². The lowest BCUT2D eigenvalue weighted by molar-refractivity contribution is -0.161. The lowest BCUT2D eigenvalue weighted by Crippen LogP contribution is -2.61. The zero-order chi connectivity index (χ0) is 18.7. The number of piperidine rings is 1. The molecule has 1 aromatic carbocycles. The van der Waals surface area contributed by atoms with Crippen LogP contribution in [0, 0.1) is 0 Å². The Labute approximate surface area is 173 Å². The molecule has 1 amide bonds. The fourth-order valence-corrected chi connectivity index (χ4v) is 4.18. The normalized spacial score (nSPS) is 22.1. The van der Waals surface area contributed by atoms with Crippen molar-refractivity contribution in [1.29, 1.82) is 0 Å². The molecule has 0 bridgehead atoms. The number of hydrogen-bond acceptors (Lipinski definition) is 4. The number of morpholine rings is 1. The van der Waals surface area contributed by atoms with E-state index in [-0.39, 0.29) is 23.9 Å². The number of anilines is 1. The van der Waals surface area contributed by atoms with E-state index in [1.54, 1.807) is 12.4 Å². The minimum atomic E-state index is -0.400. The van der Waals surface area contributed by atoms with Gasteiger partial charge in [0, 0.05) is 37.7 Å². The third-order valence-electron chi connectivity index (χ3n) is 5.79. The summed E-state index contributed by atoms with van der Waals surface area (Å²) in [5.74, 6) is 0.0401. The first-order chi connectivity index (χ1) is 13.2. The third kappa shape index (κ3) is 4.54. The maximum atomic E-state index is 12.6. The van der Waals surface area contributed by atoms with Crippen molar-refractivity contribution in [2.75, 3.05) is 31.1 Å². The summed E-state index contributed by atoms with van der Waals surface area (Å²) in [5, 5.41) is 0. The lowest BCUT2D eigenvalue weighted by atomic mass is 9.88. The molecule has 1 unspecified atom stereocenters. The Morgan fingerprint density at radius 2 is 1.79 bits per heavy atom. The number of hydrogen-bond donors (Lipinski definition) is 0. The molecule has 2 saturated heterocycles. The number of carbonyl (C=O) groups excluding carboxylic acids is 1. The van der Waals surface area contributed by atoms with Crippen molar-refractivity contribution in [2.24, 2.45) is 0 Å². The Balaban J connectivity index is 0.00000225. The summed E-state index contributed by atoms with van der Waals surface area (Å²) in [4.78, 5) is 21.1. The topological polar surface area (TPSA) is 45.7 Å². The number of amides is 1. The fraction of sp³-hybridized carbons (Fsp3) is 0.455. The number of aromatic nitrogens is 1. The molecular formula is C22H28ClN3O2. The van der Waals surface area contributed by atoms with E-state index in [1.165, 1.54) is 5.56 Å². The van der Waals surface area contributed by atoms with Crippen LogP contribution in [0.4, 0.5) is 5.69 Å². The van der Waals surface area contributed by atoms with Crippen LogP contribution in [-0.2, 0) is 16.0 Å². The van der Waals surface area contributed by atoms with Crippen molar-refractivity contribution in [2.45, 2.75) is 37.9 Å². The molecule has 0 radical (unpaired) electrons. The van der Waals surface area contributed by atoms with Gasteiger partial charge in [0.05, 0.1) is 12.1 Å². The summed E-state index contributed by atoms with van der Waals surface area (Å²) in [6.45, 7) is 5.60. The van der Waals surface area contributed by atoms with E-state index >= 15 is 0 Å². The van der Waals surface area contributed by atoms with Crippen molar-refractivity contribution < 1.29 is 9.53 Å². The second kappa shape index (κ2) is 9.03. The first kappa shape index (κ1) is 20.8. The van der Waals surface area contributed by atoms with Crippen molar-refractivity contribution in [1.82, 2.24) is 9.88 Å². The van der Waals surface area contributed by atoms with E-state index in [2.05, 4.69) is 40.2 Å². The number of halogens is 1. The molecule has 2 aliphatic rings. The number of pyridine rings is 1. The highest BCUT2D eigenvalue weighted by atomic mass is 35.5. The average Bonchev–Trinajstić information content (AvgIpc) is 2.72. The van der Waals surface area contributed by atoms with Gasteiger partial charge in [-0.05, 0) is 43.9 Å². The number of likely N-dealkylation sites (tertiary alicyclic amines) is 1. The van der Waals surface area contributed by atoms with E-state index in [0.29, 0.717) is 6.54 Å². The molecule has 2 aliphatic heterocycles. The molecule has 28 heavy (non-hydrogen) atoms. The van der Waals surface area contributed by atoms with Gasteiger partial charge in [0.1, 0.15) is 6.10 Å². The zero-order valence-electron chi connectivity index (χ0n) is 16.3. The second-order valence-corrected chi connectivity index (χ2v) is 7.65. The number of ether oxygens (including phenoxy) is 1. The van der Waals surface area contributed by atoms with Crippen molar-refractivity contribution in [3.8, 4) is 0 Å². The van der Waals surface area contributed by atoms with Gasteiger partial charge in [0.2, 0.25) is 0 Å². The number of rotatable bonds is 4. The molecule has 1 aromatic heterocycles. The standard InChI is InChI=1S/C22H27N3O2.ClH/c1-18-21(26)25(20-7-12-23-13-8-20)17-22(27-18)10-15-24(16-11-22)14-9-19-5-3-2-4-6-19;/h2-8,12-13,18H,9-11,14-17H2,1H3;1H. The molecule has 2 aromatic rings. The van der Waals surface area contributed by atoms with Crippen LogP contribution in [0.2, 0.25) is 0 Å². The Hall–Kier alpha value is -1.95. The van der Waals surface area contributed by atoms with Crippen LogP contribution in [0.1, 0.15) is 25.3 Å². The maximum Gasteiger partial charge on any atom is 0.255 e. The zero-order valence-corrected chi connectivity index (χ0v) is 17.1. The van der Waals surface area contributed by atoms with Crippen LogP contribution in [0.5, 0.6) is 0 Å². The van der Waals surface area contributed by atoms with Crippen LogP contribution >= 0.6 is 12.4 Å². The van der Waals surface area contributed by atoms with Gasteiger partial charge < -0.3 is 14.5 Å². The smallest absolute Gasteiger partial charge is 0.255 e. The minimum Gasteiger partial charge on any atom is -0.360 e. The Kier molecular flexibility index (Phi) is 6.70. The van der Waals surface area contributed by atoms with Crippen LogP contribution in [0.15, 0.2) is 54.9 Å². The lowest BCUT2D eigenvalue weighted by Gasteiger charge is -2.49. The van der Waals surface area contributed by atoms with E-state index in [4.69, 9.17) is 4.74 Å². The van der Waals surface area contributed by atoms with Crippen molar-refractivity contribution in [3.63, 3.8) is 0 Å². The van der Waals surface area contributed by atoms with E-state index in [0.717, 1.165) is 44.6 Å². The van der Waals surface area contributed by atoms with Gasteiger partial charge >= 0.3 is 0 Å². The molecule has 0 N–H and O–H groups in total. The average molecular weight is 402 g/mol. The van der Waals surface area contributed by atoms with Gasteiger partial charge in [-0.2, -0.15) is 0 Å². The van der Waals surface area contributed by atoms with Crippen LogP contribution in [0.25, 0.3) is 0 Å². The van der Waals surface area contributed by atoms with Gasteiger partial charge in [0.25, 0.3) is 5.91 Å². The van der Waals surface area contributed by atoms with E-state index in [9.17, 15) is 4.79 Å². The Bertz CT molecular complexity index is 764. The molecule has 4 rings (SSSR count). The van der Waals surface area contributed by atoms with Crippen LogP contribution in [0.3, 0.4) is 0 Å². The third-order valence-corrected chi connectivity index (χ3v) is 5.79. The molecule has 2 fully saturated rings. The molecular weight excluding hydrogens is 374 g/mol. The predicted molar refractivity (Wildman–Crippen MR) is 113 cm³/mol. The SMILES string of the molecule is CC1OC2(CCN(CCc3ccccc3)CC2)CN(c2ccncc2)C1=O.Cl. The number of nitrogens with zero attached hydrogens (tertiary/aromatic N) is 3. The Morgan fingerprint density at radius 1 is 1.11 bits per heavy atom. The van der Waals surface area contributed by atoms with Gasteiger partial charge in [-0.25, -0.2) is 0 Å². The molecule has 6 heteroatoms. The predicted octanol–water partition coefficient (Wildman–Crippen LogP) is 3.33. The Morgan fingerprint density at radius 3 is 2.46 bits per heavy atom. The van der Waals surface area contributed by atoms with Gasteiger partial charge in [-0.15, -0.1) is 12.4 Å². The summed E-state index contributed by atoms with van der Waals surface area (Å²) in [7, 11) is 0. The second-order valence-electron chi connectivity index (χ2n) is 7.65.